The second-order valence-electron chi connectivity index (χ2n) is 8.71. The van der Waals surface area contributed by atoms with Gasteiger partial charge in [0.15, 0.2) is 0 Å². The van der Waals surface area contributed by atoms with Crippen LogP contribution in [-0.2, 0) is 19.1 Å². The Morgan fingerprint density at radius 3 is 2.26 bits per heavy atom. The Morgan fingerprint density at radius 2 is 1.70 bits per heavy atom. The summed E-state index contributed by atoms with van der Waals surface area (Å²) in [6.45, 7) is 16.2. The highest BCUT2D eigenvalue weighted by Crippen LogP contribution is 2.19. The van der Waals surface area contributed by atoms with Gasteiger partial charge in [-0.15, -0.1) is 6.58 Å². The summed E-state index contributed by atoms with van der Waals surface area (Å²) in [7, 11) is 1.68. The van der Waals surface area contributed by atoms with Crippen molar-refractivity contribution in [2.45, 2.75) is 66.3 Å². The first-order chi connectivity index (χ1) is 12.6. The van der Waals surface area contributed by atoms with Crippen LogP contribution in [0.5, 0.6) is 0 Å². The minimum absolute atomic E-state index is 0.0515. The molecule has 0 fully saturated rings. The summed E-state index contributed by atoms with van der Waals surface area (Å²) >= 11 is 0. The van der Waals surface area contributed by atoms with Gasteiger partial charge in [0.2, 0.25) is 11.8 Å². The van der Waals surface area contributed by atoms with Gasteiger partial charge in [-0.2, -0.15) is 0 Å². The lowest BCUT2D eigenvalue weighted by Crippen LogP contribution is -2.48. The molecule has 6 heteroatoms. The van der Waals surface area contributed by atoms with E-state index in [0.29, 0.717) is 32.8 Å². The van der Waals surface area contributed by atoms with Gasteiger partial charge in [-0.25, -0.2) is 0 Å². The zero-order valence-electron chi connectivity index (χ0n) is 18.2. The third-order valence-electron chi connectivity index (χ3n) is 4.10. The maximum atomic E-state index is 12.4. The maximum Gasteiger partial charge on any atom is 0.246 e. The van der Waals surface area contributed by atoms with Crippen LogP contribution >= 0.6 is 0 Å². The van der Waals surface area contributed by atoms with Crippen LogP contribution in [-0.4, -0.2) is 51.3 Å². The SMILES string of the molecule is C=C[C@@H](NC(=O)CCCCC)C(=O)NCC(C)(C)COCC(C)(C)COC. The molecule has 158 valence electrons. The Labute approximate surface area is 165 Å². The zero-order valence-corrected chi connectivity index (χ0v) is 18.2. The number of carbonyl (C=O) groups excluding carboxylic acids is 2. The van der Waals surface area contributed by atoms with E-state index in [0.717, 1.165) is 19.3 Å². The summed E-state index contributed by atoms with van der Waals surface area (Å²) in [5.41, 5.74) is -0.278. The standard InChI is InChI=1S/C21H40N2O4/c1-8-10-11-12-18(24)23-17(9-2)19(25)22-13-20(3,4)15-27-16-21(5,6)14-26-7/h9,17H,2,8,10-16H2,1,3-7H3,(H,22,25)(H,23,24)/t17-/m1/s1. The first-order valence-electron chi connectivity index (χ1n) is 9.83. The highest BCUT2D eigenvalue weighted by atomic mass is 16.5. The molecule has 27 heavy (non-hydrogen) atoms. The molecule has 0 aromatic rings. The molecule has 0 aliphatic carbocycles. The molecule has 1 atom stereocenters. The molecule has 6 nitrogen and oxygen atoms in total. The average Bonchev–Trinajstić information content (AvgIpc) is 2.57. The van der Waals surface area contributed by atoms with Crippen molar-refractivity contribution in [1.82, 2.24) is 10.6 Å². The topological polar surface area (TPSA) is 76.7 Å². The number of unbranched alkanes of at least 4 members (excludes halogenated alkanes) is 2. The highest BCUT2D eigenvalue weighted by Gasteiger charge is 2.25. The Kier molecular flexibility index (Phi) is 12.2. The molecule has 2 amide bonds. The molecule has 0 spiro atoms. The van der Waals surface area contributed by atoms with E-state index in [4.69, 9.17) is 9.47 Å². The van der Waals surface area contributed by atoms with E-state index in [1.165, 1.54) is 6.08 Å². The summed E-state index contributed by atoms with van der Waals surface area (Å²) in [5, 5.41) is 5.61. The lowest BCUT2D eigenvalue weighted by Gasteiger charge is -2.29. The van der Waals surface area contributed by atoms with Gasteiger partial charge in [-0.1, -0.05) is 53.5 Å². The lowest BCUT2D eigenvalue weighted by atomic mass is 9.93. The molecule has 0 heterocycles. The molecular weight excluding hydrogens is 344 g/mol. The van der Waals surface area contributed by atoms with Crippen molar-refractivity contribution in [3.8, 4) is 0 Å². The fraction of sp³-hybridized carbons (Fsp3) is 0.810. The average molecular weight is 385 g/mol. The van der Waals surface area contributed by atoms with Gasteiger partial charge < -0.3 is 20.1 Å². The molecule has 0 radical (unpaired) electrons. The van der Waals surface area contributed by atoms with Crippen molar-refractivity contribution in [3.63, 3.8) is 0 Å². The number of rotatable bonds is 15. The third kappa shape index (κ3) is 12.6. The smallest absolute Gasteiger partial charge is 0.246 e. The fourth-order valence-electron chi connectivity index (χ4n) is 2.54. The largest absolute Gasteiger partial charge is 0.384 e. The minimum Gasteiger partial charge on any atom is -0.384 e. The van der Waals surface area contributed by atoms with E-state index in [9.17, 15) is 9.59 Å². The Balaban J connectivity index is 4.33. The molecule has 0 aromatic carbocycles. The second-order valence-corrected chi connectivity index (χ2v) is 8.71. The summed E-state index contributed by atoms with van der Waals surface area (Å²) < 4.78 is 11.0. The summed E-state index contributed by atoms with van der Waals surface area (Å²) in [4.78, 5) is 24.3. The van der Waals surface area contributed by atoms with E-state index in [2.05, 4.69) is 38.0 Å². The first kappa shape index (κ1) is 25.6. The van der Waals surface area contributed by atoms with E-state index >= 15 is 0 Å². The molecule has 0 rings (SSSR count). The van der Waals surface area contributed by atoms with Crippen molar-refractivity contribution in [3.05, 3.63) is 12.7 Å². The van der Waals surface area contributed by atoms with Gasteiger partial charge >= 0.3 is 0 Å². The van der Waals surface area contributed by atoms with Crippen LogP contribution in [0, 0.1) is 10.8 Å². The van der Waals surface area contributed by atoms with Crippen molar-refractivity contribution < 1.29 is 19.1 Å². The quantitative estimate of drug-likeness (QED) is 0.336. The zero-order chi connectivity index (χ0) is 20.9. The molecule has 0 aliphatic heterocycles. The van der Waals surface area contributed by atoms with Crippen molar-refractivity contribution in [2.24, 2.45) is 10.8 Å². The van der Waals surface area contributed by atoms with Gasteiger partial charge in [-0.05, 0) is 6.42 Å². The van der Waals surface area contributed by atoms with Gasteiger partial charge in [0, 0.05) is 30.9 Å². The van der Waals surface area contributed by atoms with Crippen molar-refractivity contribution in [2.75, 3.05) is 33.5 Å². The molecule has 0 unspecified atom stereocenters. The molecule has 0 aromatic heterocycles. The van der Waals surface area contributed by atoms with Crippen LogP contribution in [0.4, 0.5) is 0 Å². The monoisotopic (exact) mass is 384 g/mol. The number of hydrogen-bond donors (Lipinski definition) is 2. The molecular formula is C21H40N2O4. The number of methoxy groups -OCH3 is 1. The molecule has 2 N–H and O–H groups in total. The van der Waals surface area contributed by atoms with Crippen LogP contribution in [0.2, 0.25) is 0 Å². The molecule has 0 saturated carbocycles. The fourth-order valence-corrected chi connectivity index (χ4v) is 2.54. The Morgan fingerprint density at radius 1 is 1.07 bits per heavy atom. The van der Waals surface area contributed by atoms with E-state index in [1.807, 2.05) is 13.8 Å². The third-order valence-corrected chi connectivity index (χ3v) is 4.10. The van der Waals surface area contributed by atoms with E-state index in [1.54, 1.807) is 7.11 Å². The van der Waals surface area contributed by atoms with Gasteiger partial charge in [0.1, 0.15) is 6.04 Å². The van der Waals surface area contributed by atoms with E-state index in [-0.39, 0.29) is 22.6 Å². The Bertz CT molecular complexity index is 461. The van der Waals surface area contributed by atoms with Crippen LogP contribution in [0.1, 0.15) is 60.3 Å². The van der Waals surface area contributed by atoms with Crippen molar-refractivity contribution >= 4 is 11.8 Å². The summed E-state index contributed by atoms with van der Waals surface area (Å²) in [6.07, 6.45) is 4.79. The lowest BCUT2D eigenvalue weighted by molar-refractivity contribution is -0.128. The van der Waals surface area contributed by atoms with Crippen LogP contribution in [0.25, 0.3) is 0 Å². The number of nitrogens with one attached hydrogen (secondary N) is 2. The van der Waals surface area contributed by atoms with Crippen LogP contribution < -0.4 is 10.6 Å². The van der Waals surface area contributed by atoms with Crippen molar-refractivity contribution in [1.29, 1.82) is 0 Å². The van der Waals surface area contributed by atoms with Gasteiger partial charge in [-0.3, -0.25) is 9.59 Å². The summed E-state index contributed by atoms with van der Waals surface area (Å²) in [6, 6.07) is -0.712. The number of ether oxygens (including phenoxy) is 2. The predicted octanol–water partition coefficient (Wildman–Crippen LogP) is 3.07. The number of carbonyl (C=O) groups is 2. The second kappa shape index (κ2) is 12.9. The predicted molar refractivity (Wildman–Crippen MR) is 110 cm³/mol. The van der Waals surface area contributed by atoms with Gasteiger partial charge in [0.25, 0.3) is 0 Å². The van der Waals surface area contributed by atoms with Crippen LogP contribution in [0.3, 0.4) is 0 Å². The molecule has 0 saturated heterocycles. The molecule has 0 aliphatic rings. The highest BCUT2D eigenvalue weighted by molar-refractivity contribution is 5.89. The number of hydrogen-bond acceptors (Lipinski definition) is 4. The normalized spacial score (nSPS) is 13.1. The van der Waals surface area contributed by atoms with Crippen LogP contribution in [0.15, 0.2) is 12.7 Å². The minimum atomic E-state index is -0.712. The first-order valence-corrected chi connectivity index (χ1v) is 9.83. The Hall–Kier alpha value is -1.40. The molecule has 0 bridgehead atoms. The summed E-state index contributed by atoms with van der Waals surface area (Å²) in [5.74, 6) is -0.368. The van der Waals surface area contributed by atoms with E-state index < -0.39 is 6.04 Å². The maximum absolute atomic E-state index is 12.4. The number of amides is 2. The van der Waals surface area contributed by atoms with Gasteiger partial charge in [0.05, 0.1) is 19.8 Å².